The number of para-hydroxylation sites is 1. The molecule has 4 aromatic rings. The zero-order chi connectivity index (χ0) is 30.1. The SMILES string of the molecule is COc1cc(NS(=O)(=O)c2cccc3cccnc23)ccc1C(=O)N1CCN(C(=O)c2ccc(C(F)(F)F)cn2)CC1. The molecule has 2 aromatic heterocycles. The second-order valence-corrected chi connectivity index (χ2v) is 11.0. The normalized spacial score (nSPS) is 14.1. The Morgan fingerprint density at radius 3 is 2.24 bits per heavy atom. The van der Waals surface area contributed by atoms with Crippen molar-refractivity contribution in [2.24, 2.45) is 0 Å². The van der Waals surface area contributed by atoms with Crippen LogP contribution >= 0.6 is 0 Å². The molecule has 0 saturated carbocycles. The number of hydrogen-bond donors (Lipinski definition) is 1. The van der Waals surface area contributed by atoms with Crippen molar-refractivity contribution in [3.8, 4) is 5.75 Å². The fourth-order valence-corrected chi connectivity index (χ4v) is 5.80. The Morgan fingerprint density at radius 1 is 0.905 bits per heavy atom. The minimum Gasteiger partial charge on any atom is -0.496 e. The van der Waals surface area contributed by atoms with Crippen molar-refractivity contribution in [2.45, 2.75) is 11.1 Å². The van der Waals surface area contributed by atoms with Crippen molar-refractivity contribution in [2.75, 3.05) is 38.0 Å². The highest BCUT2D eigenvalue weighted by atomic mass is 32.2. The summed E-state index contributed by atoms with van der Waals surface area (Å²) in [6.45, 7) is 0.618. The molecule has 0 aliphatic carbocycles. The number of carbonyl (C=O) groups excluding carboxylic acids is 2. The van der Waals surface area contributed by atoms with Crippen LogP contribution < -0.4 is 9.46 Å². The number of aromatic nitrogens is 2. The molecule has 1 N–H and O–H groups in total. The number of rotatable bonds is 6. The second-order valence-electron chi connectivity index (χ2n) is 9.37. The first-order chi connectivity index (χ1) is 20.0. The summed E-state index contributed by atoms with van der Waals surface area (Å²) >= 11 is 0. The summed E-state index contributed by atoms with van der Waals surface area (Å²) in [5, 5.41) is 0.663. The zero-order valence-corrected chi connectivity index (χ0v) is 22.9. The van der Waals surface area contributed by atoms with Crippen LogP contribution in [0.1, 0.15) is 26.4 Å². The predicted molar refractivity (Wildman–Crippen MR) is 147 cm³/mol. The zero-order valence-electron chi connectivity index (χ0n) is 22.1. The molecule has 2 aromatic carbocycles. The lowest BCUT2D eigenvalue weighted by atomic mass is 10.1. The van der Waals surface area contributed by atoms with Crippen molar-refractivity contribution < 1.29 is 35.9 Å². The standard InChI is InChI=1S/C28H24F3N5O5S/c1-41-23-16-20(34-42(39,40)24-6-2-4-18-5-3-11-32-25(18)24)8-9-21(23)26(37)35-12-14-36(15-13-35)27(38)22-10-7-19(17-33-22)28(29,30)31/h2-11,16-17,34H,12-15H2,1H3. The van der Waals surface area contributed by atoms with Crippen molar-refractivity contribution in [1.29, 1.82) is 0 Å². The van der Waals surface area contributed by atoms with Crippen molar-refractivity contribution >= 4 is 38.4 Å². The molecular weight excluding hydrogens is 575 g/mol. The van der Waals surface area contributed by atoms with Crippen LogP contribution in [0.2, 0.25) is 0 Å². The molecule has 1 aliphatic rings. The fraction of sp³-hybridized carbons (Fsp3) is 0.214. The third-order valence-corrected chi connectivity index (χ3v) is 8.15. The van der Waals surface area contributed by atoms with Gasteiger partial charge in [0, 0.05) is 50.0 Å². The van der Waals surface area contributed by atoms with Crippen LogP contribution in [0.25, 0.3) is 10.9 Å². The van der Waals surface area contributed by atoms with Gasteiger partial charge >= 0.3 is 6.18 Å². The van der Waals surface area contributed by atoms with Crippen LogP contribution in [0.3, 0.4) is 0 Å². The molecule has 1 aliphatic heterocycles. The molecule has 218 valence electrons. The monoisotopic (exact) mass is 599 g/mol. The van der Waals surface area contributed by atoms with E-state index < -0.39 is 27.7 Å². The van der Waals surface area contributed by atoms with E-state index in [2.05, 4.69) is 14.7 Å². The Hall–Kier alpha value is -4.72. The molecule has 0 radical (unpaired) electrons. The first-order valence-electron chi connectivity index (χ1n) is 12.6. The summed E-state index contributed by atoms with van der Waals surface area (Å²) in [4.78, 5) is 36.8. The lowest BCUT2D eigenvalue weighted by Crippen LogP contribution is -2.50. The maximum Gasteiger partial charge on any atom is 0.417 e. The number of fused-ring (bicyclic) bond motifs is 1. The first kappa shape index (κ1) is 28.8. The molecule has 0 atom stereocenters. The summed E-state index contributed by atoms with van der Waals surface area (Å²) in [6, 6.07) is 14.4. The molecule has 42 heavy (non-hydrogen) atoms. The smallest absolute Gasteiger partial charge is 0.417 e. The van der Waals surface area contributed by atoms with E-state index in [1.807, 2.05) is 0 Å². The average molecular weight is 600 g/mol. The number of nitrogens with zero attached hydrogens (tertiary/aromatic N) is 4. The third kappa shape index (κ3) is 5.84. The van der Waals surface area contributed by atoms with Gasteiger partial charge in [0.05, 0.1) is 29.4 Å². The summed E-state index contributed by atoms with van der Waals surface area (Å²) in [5.74, 6) is -0.783. The molecule has 10 nitrogen and oxygen atoms in total. The average Bonchev–Trinajstić information content (AvgIpc) is 2.99. The lowest BCUT2D eigenvalue weighted by molar-refractivity contribution is -0.137. The van der Waals surface area contributed by atoms with Crippen LogP contribution in [-0.2, 0) is 16.2 Å². The summed E-state index contributed by atoms with van der Waals surface area (Å²) in [7, 11) is -2.67. The van der Waals surface area contributed by atoms with Gasteiger partial charge in [0.15, 0.2) is 0 Å². The number of nitrogens with one attached hydrogen (secondary N) is 1. The van der Waals surface area contributed by atoms with E-state index in [9.17, 15) is 31.2 Å². The molecule has 5 rings (SSSR count). The van der Waals surface area contributed by atoms with Gasteiger partial charge in [-0.25, -0.2) is 8.42 Å². The van der Waals surface area contributed by atoms with Crippen LogP contribution in [0, 0.1) is 0 Å². The summed E-state index contributed by atoms with van der Waals surface area (Å²) in [6.07, 6.45) is -2.44. The number of sulfonamides is 1. The number of methoxy groups -OCH3 is 1. The number of carbonyl (C=O) groups is 2. The van der Waals surface area contributed by atoms with Crippen LogP contribution in [-0.4, -0.2) is 73.3 Å². The van der Waals surface area contributed by atoms with E-state index in [1.165, 1.54) is 47.4 Å². The van der Waals surface area contributed by atoms with Crippen LogP contribution in [0.4, 0.5) is 18.9 Å². The quantitative estimate of drug-likeness (QED) is 0.355. The molecule has 1 fully saturated rings. The number of hydrogen-bond acceptors (Lipinski definition) is 7. The number of amides is 2. The summed E-state index contributed by atoms with van der Waals surface area (Å²) in [5.41, 5.74) is -0.389. The maximum absolute atomic E-state index is 13.3. The fourth-order valence-electron chi connectivity index (χ4n) is 4.57. The maximum atomic E-state index is 13.3. The first-order valence-corrected chi connectivity index (χ1v) is 14.1. The van der Waals surface area contributed by atoms with Crippen molar-refractivity contribution in [3.63, 3.8) is 0 Å². The highest BCUT2D eigenvalue weighted by Gasteiger charge is 2.32. The Labute approximate surface area is 238 Å². The minimum absolute atomic E-state index is 0.00127. The highest BCUT2D eigenvalue weighted by molar-refractivity contribution is 7.93. The van der Waals surface area contributed by atoms with E-state index in [1.54, 1.807) is 24.3 Å². The molecule has 0 bridgehead atoms. The number of benzene rings is 2. The molecule has 0 unspecified atom stereocenters. The number of pyridine rings is 2. The Bertz CT molecular complexity index is 1750. The van der Waals surface area contributed by atoms with Gasteiger partial charge in [-0.15, -0.1) is 0 Å². The summed E-state index contributed by atoms with van der Waals surface area (Å²) < 4.78 is 72.6. The molecule has 0 spiro atoms. The Kier molecular flexibility index (Phi) is 7.73. The predicted octanol–water partition coefficient (Wildman–Crippen LogP) is 4.06. The van der Waals surface area contributed by atoms with Gasteiger partial charge in [-0.05, 0) is 36.4 Å². The molecular formula is C28H24F3N5O5S. The molecule has 14 heteroatoms. The minimum atomic E-state index is -4.56. The van der Waals surface area contributed by atoms with E-state index in [-0.39, 0.29) is 59.7 Å². The molecule has 1 saturated heterocycles. The third-order valence-electron chi connectivity index (χ3n) is 6.73. The van der Waals surface area contributed by atoms with E-state index >= 15 is 0 Å². The lowest BCUT2D eigenvalue weighted by Gasteiger charge is -2.34. The van der Waals surface area contributed by atoms with Gasteiger partial charge in [0.1, 0.15) is 16.3 Å². The largest absolute Gasteiger partial charge is 0.496 e. The topological polar surface area (TPSA) is 122 Å². The van der Waals surface area contributed by atoms with E-state index in [0.717, 1.165) is 12.1 Å². The molecule has 3 heterocycles. The number of alkyl halides is 3. The van der Waals surface area contributed by atoms with Crippen LogP contribution in [0.5, 0.6) is 5.75 Å². The Morgan fingerprint density at radius 2 is 1.60 bits per heavy atom. The highest BCUT2D eigenvalue weighted by Crippen LogP contribution is 2.30. The number of ether oxygens (including phenoxy) is 1. The van der Waals surface area contributed by atoms with Gasteiger partial charge in [0.2, 0.25) is 0 Å². The number of halogens is 3. The van der Waals surface area contributed by atoms with Crippen molar-refractivity contribution in [3.05, 3.63) is 89.9 Å². The number of piperazine rings is 1. The van der Waals surface area contributed by atoms with Gasteiger partial charge in [0.25, 0.3) is 21.8 Å². The van der Waals surface area contributed by atoms with Gasteiger partial charge < -0.3 is 14.5 Å². The number of anilines is 1. The van der Waals surface area contributed by atoms with E-state index in [0.29, 0.717) is 17.1 Å². The van der Waals surface area contributed by atoms with E-state index in [4.69, 9.17) is 4.74 Å². The van der Waals surface area contributed by atoms with Gasteiger partial charge in [-0.3, -0.25) is 24.3 Å². The second kappa shape index (κ2) is 11.3. The van der Waals surface area contributed by atoms with Crippen molar-refractivity contribution in [1.82, 2.24) is 19.8 Å². The van der Waals surface area contributed by atoms with Gasteiger partial charge in [-0.1, -0.05) is 18.2 Å². The van der Waals surface area contributed by atoms with Crippen LogP contribution in [0.15, 0.2) is 78.0 Å². The van der Waals surface area contributed by atoms with Gasteiger partial charge in [-0.2, -0.15) is 13.2 Å². The molecule has 2 amide bonds. The Balaban J connectivity index is 1.26.